The number of ether oxygens (including phenoxy) is 8. The van der Waals surface area contributed by atoms with Gasteiger partial charge in [-0.05, 0) is 0 Å². The van der Waals surface area contributed by atoms with Crippen LogP contribution in [0, 0.1) is 0 Å². The Labute approximate surface area is 163 Å². The molecule has 8 atom stereocenters. The highest BCUT2D eigenvalue weighted by atomic mass is 16.6. The standard InChI is InChI=1S/C18H30O10/c19-1-15(20)17(27-8-13-5-24-13)18(28-9-14-6-25-14)16(26-7-12-4-23-12)10-21-2-11-3-22-11/h11-20H,1-10H2. The molecule has 0 aromatic carbocycles. The molecule has 0 amide bonds. The van der Waals surface area contributed by atoms with E-state index >= 15 is 0 Å². The SMILES string of the molecule is OCC(O)C(OCC1CO1)C(OCC1CO1)C(COCC1CO1)OCC1CO1. The first-order chi connectivity index (χ1) is 13.7. The maximum Gasteiger partial charge on any atom is 0.115 e. The van der Waals surface area contributed by atoms with Crippen LogP contribution < -0.4 is 0 Å². The van der Waals surface area contributed by atoms with Crippen molar-refractivity contribution in [1.29, 1.82) is 0 Å². The first kappa shape index (κ1) is 20.9. The molecule has 10 nitrogen and oxygen atoms in total. The Balaban J connectivity index is 1.40. The number of rotatable bonds is 17. The highest BCUT2D eigenvalue weighted by molar-refractivity contribution is 4.88. The molecule has 28 heavy (non-hydrogen) atoms. The molecule has 0 aromatic heterocycles. The van der Waals surface area contributed by atoms with E-state index in [2.05, 4.69) is 0 Å². The van der Waals surface area contributed by atoms with Crippen LogP contribution in [0.4, 0.5) is 0 Å². The van der Waals surface area contributed by atoms with Gasteiger partial charge in [0.05, 0.1) is 66.1 Å². The smallest absolute Gasteiger partial charge is 0.115 e. The van der Waals surface area contributed by atoms with Crippen LogP contribution in [-0.2, 0) is 37.9 Å². The number of aliphatic hydroxyl groups excluding tert-OH is 2. The lowest BCUT2D eigenvalue weighted by atomic mass is 10.0. The topological polar surface area (TPSA) is 128 Å². The Morgan fingerprint density at radius 1 is 0.714 bits per heavy atom. The summed E-state index contributed by atoms with van der Waals surface area (Å²) in [6.07, 6.45) is -2.81. The summed E-state index contributed by atoms with van der Waals surface area (Å²) in [6.45, 7) is 4.00. The molecular weight excluding hydrogens is 376 g/mol. The maximum absolute atomic E-state index is 10.4. The first-order valence-electron chi connectivity index (χ1n) is 9.90. The third-order valence-corrected chi connectivity index (χ3v) is 4.90. The number of epoxide rings is 4. The molecule has 0 radical (unpaired) electrons. The van der Waals surface area contributed by atoms with Crippen molar-refractivity contribution in [3.05, 3.63) is 0 Å². The largest absolute Gasteiger partial charge is 0.394 e. The Morgan fingerprint density at radius 3 is 1.68 bits per heavy atom. The Morgan fingerprint density at radius 2 is 1.18 bits per heavy atom. The zero-order chi connectivity index (χ0) is 19.3. The monoisotopic (exact) mass is 406 g/mol. The summed E-state index contributed by atoms with van der Waals surface area (Å²) in [5, 5.41) is 19.9. The van der Waals surface area contributed by atoms with Gasteiger partial charge in [-0.15, -0.1) is 0 Å². The molecule has 0 spiro atoms. The zero-order valence-electron chi connectivity index (χ0n) is 15.9. The van der Waals surface area contributed by atoms with Crippen LogP contribution in [0.5, 0.6) is 0 Å². The number of hydrogen-bond donors (Lipinski definition) is 2. The maximum atomic E-state index is 10.4. The molecule has 4 heterocycles. The minimum Gasteiger partial charge on any atom is -0.394 e. The Kier molecular flexibility index (Phi) is 7.50. The van der Waals surface area contributed by atoms with Crippen LogP contribution >= 0.6 is 0 Å². The summed E-state index contributed by atoms with van der Waals surface area (Å²) in [4.78, 5) is 0. The molecule has 4 rings (SSSR count). The molecule has 2 N–H and O–H groups in total. The molecule has 0 aliphatic carbocycles. The average molecular weight is 406 g/mol. The van der Waals surface area contributed by atoms with Crippen molar-refractivity contribution in [3.8, 4) is 0 Å². The van der Waals surface area contributed by atoms with Gasteiger partial charge in [-0.1, -0.05) is 0 Å². The van der Waals surface area contributed by atoms with Crippen LogP contribution in [0.2, 0.25) is 0 Å². The minimum atomic E-state index is -1.13. The van der Waals surface area contributed by atoms with Gasteiger partial charge in [-0.3, -0.25) is 0 Å². The van der Waals surface area contributed by atoms with Gasteiger partial charge in [0.2, 0.25) is 0 Å². The Bertz CT molecular complexity index is 463. The third kappa shape index (κ3) is 7.13. The quantitative estimate of drug-likeness (QED) is 0.265. The molecule has 4 aliphatic heterocycles. The van der Waals surface area contributed by atoms with Crippen LogP contribution in [0.15, 0.2) is 0 Å². The van der Waals surface area contributed by atoms with E-state index in [0.29, 0.717) is 52.9 Å². The van der Waals surface area contributed by atoms with Crippen LogP contribution in [-0.4, -0.2) is 125 Å². The zero-order valence-corrected chi connectivity index (χ0v) is 15.9. The van der Waals surface area contributed by atoms with Gasteiger partial charge in [-0.25, -0.2) is 0 Å². The average Bonchev–Trinajstić information content (AvgIpc) is 3.56. The number of hydrogen-bond acceptors (Lipinski definition) is 10. The van der Waals surface area contributed by atoms with Crippen LogP contribution in [0.3, 0.4) is 0 Å². The molecule has 4 saturated heterocycles. The van der Waals surface area contributed by atoms with Gasteiger partial charge in [-0.2, -0.15) is 0 Å². The van der Waals surface area contributed by atoms with E-state index in [4.69, 9.17) is 37.9 Å². The second-order valence-electron chi connectivity index (χ2n) is 7.58. The molecule has 162 valence electrons. The molecule has 0 saturated carbocycles. The van der Waals surface area contributed by atoms with Crippen molar-refractivity contribution in [3.63, 3.8) is 0 Å². The second kappa shape index (κ2) is 10.1. The van der Waals surface area contributed by atoms with Crippen molar-refractivity contribution < 1.29 is 48.1 Å². The summed E-state index contributed by atoms with van der Waals surface area (Å²) in [6, 6.07) is 0. The molecular formula is C18H30O10. The molecule has 8 unspecified atom stereocenters. The summed E-state index contributed by atoms with van der Waals surface area (Å²) in [5.41, 5.74) is 0. The second-order valence-corrected chi connectivity index (χ2v) is 7.58. The van der Waals surface area contributed by atoms with Crippen molar-refractivity contribution in [1.82, 2.24) is 0 Å². The van der Waals surface area contributed by atoms with E-state index in [1.165, 1.54) is 0 Å². The van der Waals surface area contributed by atoms with Gasteiger partial charge < -0.3 is 48.1 Å². The van der Waals surface area contributed by atoms with E-state index in [1.54, 1.807) is 0 Å². The fraction of sp³-hybridized carbons (Fsp3) is 1.00. The van der Waals surface area contributed by atoms with Gasteiger partial charge in [0.1, 0.15) is 48.8 Å². The van der Waals surface area contributed by atoms with Crippen molar-refractivity contribution in [2.75, 3.05) is 66.1 Å². The normalized spacial score (nSPS) is 34.5. The minimum absolute atomic E-state index is 0.0170. The van der Waals surface area contributed by atoms with Crippen molar-refractivity contribution in [2.45, 2.75) is 48.8 Å². The Hall–Kier alpha value is -0.400. The van der Waals surface area contributed by atoms with Crippen molar-refractivity contribution >= 4 is 0 Å². The van der Waals surface area contributed by atoms with Crippen molar-refractivity contribution in [2.24, 2.45) is 0 Å². The highest BCUT2D eigenvalue weighted by Crippen LogP contribution is 2.23. The lowest BCUT2D eigenvalue weighted by molar-refractivity contribution is -0.187. The molecule has 0 aromatic rings. The van der Waals surface area contributed by atoms with E-state index in [0.717, 1.165) is 0 Å². The molecule has 4 aliphatic rings. The van der Waals surface area contributed by atoms with Gasteiger partial charge in [0.25, 0.3) is 0 Å². The first-order valence-corrected chi connectivity index (χ1v) is 9.90. The van der Waals surface area contributed by atoms with Gasteiger partial charge in [0.15, 0.2) is 0 Å². The summed E-state index contributed by atoms with van der Waals surface area (Å²) >= 11 is 0. The molecule has 4 fully saturated rings. The van der Waals surface area contributed by atoms with Gasteiger partial charge >= 0.3 is 0 Å². The van der Waals surface area contributed by atoms with Crippen LogP contribution in [0.25, 0.3) is 0 Å². The van der Waals surface area contributed by atoms with E-state index in [-0.39, 0.29) is 31.0 Å². The summed E-state index contributed by atoms with van der Waals surface area (Å²) in [5.74, 6) is 0. The predicted octanol–water partition coefficient (Wildman–Crippen LogP) is -1.89. The lowest BCUT2D eigenvalue weighted by Gasteiger charge is -2.35. The van der Waals surface area contributed by atoms with E-state index in [1.807, 2.05) is 0 Å². The predicted molar refractivity (Wildman–Crippen MR) is 92.1 cm³/mol. The summed E-state index contributed by atoms with van der Waals surface area (Å²) in [7, 11) is 0. The number of aliphatic hydroxyl groups is 2. The third-order valence-electron chi connectivity index (χ3n) is 4.90. The van der Waals surface area contributed by atoms with Gasteiger partial charge in [0, 0.05) is 0 Å². The fourth-order valence-corrected chi connectivity index (χ4v) is 2.82. The fourth-order valence-electron chi connectivity index (χ4n) is 2.82. The molecule has 0 bridgehead atoms. The summed E-state index contributed by atoms with van der Waals surface area (Å²) < 4.78 is 44.5. The molecule has 10 heteroatoms. The van der Waals surface area contributed by atoms with E-state index < -0.39 is 31.0 Å². The lowest BCUT2D eigenvalue weighted by Crippen LogP contribution is -2.52. The highest BCUT2D eigenvalue weighted by Gasteiger charge is 2.41. The van der Waals surface area contributed by atoms with E-state index in [9.17, 15) is 10.2 Å². The van der Waals surface area contributed by atoms with Crippen LogP contribution in [0.1, 0.15) is 0 Å².